The van der Waals surface area contributed by atoms with Gasteiger partial charge in [-0.25, -0.2) is 9.78 Å². The molecular formula is C16H22ClNO2. The van der Waals surface area contributed by atoms with Crippen molar-refractivity contribution in [3.05, 3.63) is 28.5 Å². The summed E-state index contributed by atoms with van der Waals surface area (Å²) in [5, 5.41) is 0.361. The molecule has 0 bridgehead atoms. The molecule has 1 aromatic heterocycles. The van der Waals surface area contributed by atoms with Gasteiger partial charge in [-0.15, -0.1) is 0 Å². The molecule has 1 aliphatic carbocycles. The first-order chi connectivity index (χ1) is 9.60. The predicted octanol–water partition coefficient (Wildman–Crippen LogP) is 4.42. The second kappa shape index (κ2) is 7.07. The van der Waals surface area contributed by atoms with E-state index in [0.717, 1.165) is 37.8 Å². The molecule has 4 heteroatoms. The van der Waals surface area contributed by atoms with E-state index in [1.165, 1.54) is 6.42 Å². The molecule has 0 N–H and O–H groups in total. The summed E-state index contributed by atoms with van der Waals surface area (Å²) in [5.41, 5.74) is 1.37. The van der Waals surface area contributed by atoms with Gasteiger partial charge in [0.15, 0.2) is 0 Å². The Kier molecular flexibility index (Phi) is 5.41. The van der Waals surface area contributed by atoms with Crippen molar-refractivity contribution in [3.8, 4) is 0 Å². The first-order valence-corrected chi connectivity index (χ1v) is 7.85. The van der Waals surface area contributed by atoms with Crippen LogP contribution in [0, 0.1) is 5.92 Å². The molecule has 20 heavy (non-hydrogen) atoms. The average Bonchev–Trinajstić information content (AvgIpc) is 2.41. The van der Waals surface area contributed by atoms with Crippen molar-refractivity contribution in [3.63, 3.8) is 0 Å². The van der Waals surface area contributed by atoms with Gasteiger partial charge in [0.1, 0.15) is 11.3 Å². The lowest BCUT2D eigenvalue weighted by molar-refractivity contribution is 0.00479. The standard InChI is InChI=1S/C16H22ClNO2/c1-3-6-13-9-12(10-15(17)18-13)16(19)20-14-8-5-4-7-11(14)2/h9-11,14H,3-8H2,1-2H3. The number of halogens is 1. The zero-order chi connectivity index (χ0) is 14.5. The maximum atomic E-state index is 12.3. The number of nitrogens with zero attached hydrogens (tertiary/aromatic N) is 1. The molecule has 0 aliphatic heterocycles. The Morgan fingerprint density at radius 1 is 1.40 bits per heavy atom. The van der Waals surface area contributed by atoms with E-state index in [4.69, 9.17) is 16.3 Å². The summed E-state index contributed by atoms with van der Waals surface area (Å²) in [5.74, 6) is 0.172. The largest absolute Gasteiger partial charge is 0.458 e. The fourth-order valence-electron chi connectivity index (χ4n) is 2.72. The molecule has 2 rings (SSSR count). The van der Waals surface area contributed by atoms with Crippen LogP contribution in [-0.4, -0.2) is 17.1 Å². The van der Waals surface area contributed by atoms with E-state index in [2.05, 4.69) is 18.8 Å². The van der Waals surface area contributed by atoms with E-state index in [1.807, 2.05) is 0 Å². The molecule has 0 radical (unpaired) electrons. The van der Waals surface area contributed by atoms with Crippen molar-refractivity contribution < 1.29 is 9.53 Å². The van der Waals surface area contributed by atoms with Crippen LogP contribution in [0.1, 0.15) is 62.0 Å². The van der Waals surface area contributed by atoms with Crippen LogP contribution in [0.3, 0.4) is 0 Å². The number of hydrogen-bond acceptors (Lipinski definition) is 3. The van der Waals surface area contributed by atoms with E-state index < -0.39 is 0 Å². The maximum absolute atomic E-state index is 12.3. The molecule has 1 fully saturated rings. The van der Waals surface area contributed by atoms with Crippen molar-refractivity contribution in [1.29, 1.82) is 0 Å². The van der Waals surface area contributed by atoms with Crippen LogP contribution in [0.5, 0.6) is 0 Å². The highest BCUT2D eigenvalue weighted by Gasteiger charge is 2.25. The molecule has 0 aromatic carbocycles. The molecule has 0 spiro atoms. The number of carbonyl (C=O) groups excluding carboxylic acids is 1. The Morgan fingerprint density at radius 3 is 2.85 bits per heavy atom. The van der Waals surface area contributed by atoms with Crippen molar-refractivity contribution >= 4 is 17.6 Å². The first kappa shape index (κ1) is 15.3. The van der Waals surface area contributed by atoms with Gasteiger partial charge in [-0.2, -0.15) is 0 Å². The Bertz CT molecular complexity index is 476. The minimum absolute atomic E-state index is 0.0396. The van der Waals surface area contributed by atoms with Crippen LogP contribution >= 0.6 is 11.6 Å². The smallest absolute Gasteiger partial charge is 0.338 e. The van der Waals surface area contributed by atoms with Gasteiger partial charge < -0.3 is 4.74 Å². The minimum Gasteiger partial charge on any atom is -0.458 e. The van der Waals surface area contributed by atoms with E-state index >= 15 is 0 Å². The number of ether oxygens (including phenoxy) is 1. The molecule has 2 unspecified atom stereocenters. The van der Waals surface area contributed by atoms with E-state index in [9.17, 15) is 4.79 Å². The van der Waals surface area contributed by atoms with Crippen molar-refractivity contribution in [2.45, 2.75) is 58.5 Å². The van der Waals surface area contributed by atoms with Crippen LogP contribution < -0.4 is 0 Å². The number of hydrogen-bond donors (Lipinski definition) is 0. The average molecular weight is 296 g/mol. The van der Waals surface area contributed by atoms with Crippen molar-refractivity contribution in [1.82, 2.24) is 4.98 Å². The monoisotopic (exact) mass is 295 g/mol. The van der Waals surface area contributed by atoms with Gasteiger partial charge in [-0.05, 0) is 43.7 Å². The lowest BCUT2D eigenvalue weighted by Crippen LogP contribution is -2.28. The van der Waals surface area contributed by atoms with E-state index in [0.29, 0.717) is 16.6 Å². The Balaban J connectivity index is 2.08. The van der Waals surface area contributed by atoms with Gasteiger partial charge in [0.25, 0.3) is 0 Å². The third-order valence-corrected chi connectivity index (χ3v) is 4.07. The molecule has 1 aromatic rings. The summed E-state index contributed by atoms with van der Waals surface area (Å²) in [6, 6.07) is 3.39. The van der Waals surface area contributed by atoms with E-state index in [-0.39, 0.29) is 12.1 Å². The zero-order valence-corrected chi connectivity index (χ0v) is 12.9. The number of esters is 1. The molecule has 1 aliphatic rings. The quantitative estimate of drug-likeness (QED) is 0.609. The lowest BCUT2D eigenvalue weighted by atomic mass is 9.88. The summed E-state index contributed by atoms with van der Waals surface area (Å²) in [6.45, 7) is 4.23. The van der Waals surface area contributed by atoms with Crippen molar-refractivity contribution in [2.24, 2.45) is 5.92 Å². The molecular weight excluding hydrogens is 274 g/mol. The molecule has 2 atom stereocenters. The van der Waals surface area contributed by atoms with Gasteiger partial charge in [-0.3, -0.25) is 0 Å². The summed E-state index contributed by atoms with van der Waals surface area (Å²) in [6.07, 6.45) is 6.31. The SMILES string of the molecule is CCCc1cc(C(=O)OC2CCCCC2C)cc(Cl)n1. The van der Waals surface area contributed by atoms with Crippen molar-refractivity contribution in [2.75, 3.05) is 0 Å². The second-order valence-electron chi connectivity index (χ2n) is 5.63. The molecule has 0 amide bonds. The molecule has 0 saturated heterocycles. The highest BCUT2D eigenvalue weighted by Crippen LogP contribution is 2.27. The third-order valence-electron chi connectivity index (χ3n) is 3.88. The minimum atomic E-state index is -0.273. The van der Waals surface area contributed by atoms with Gasteiger partial charge >= 0.3 is 5.97 Å². The normalized spacial score (nSPS) is 22.6. The Labute approximate surface area is 125 Å². The van der Waals surface area contributed by atoms with Crippen LogP contribution in [0.4, 0.5) is 0 Å². The highest BCUT2D eigenvalue weighted by atomic mass is 35.5. The number of carbonyl (C=O) groups is 1. The molecule has 1 heterocycles. The Morgan fingerprint density at radius 2 is 2.15 bits per heavy atom. The second-order valence-corrected chi connectivity index (χ2v) is 6.01. The third kappa shape index (κ3) is 3.95. The van der Waals surface area contributed by atoms with Gasteiger partial charge in [0.05, 0.1) is 5.56 Å². The zero-order valence-electron chi connectivity index (χ0n) is 12.2. The Hall–Kier alpha value is -1.09. The summed E-state index contributed by atoms with van der Waals surface area (Å²) < 4.78 is 5.65. The molecule has 3 nitrogen and oxygen atoms in total. The van der Waals surface area contributed by atoms with E-state index in [1.54, 1.807) is 12.1 Å². The van der Waals surface area contributed by atoms with Gasteiger partial charge in [-0.1, -0.05) is 38.3 Å². The predicted molar refractivity (Wildman–Crippen MR) is 80.1 cm³/mol. The summed E-state index contributed by atoms with van der Waals surface area (Å²) in [4.78, 5) is 16.5. The topological polar surface area (TPSA) is 39.2 Å². The van der Waals surface area contributed by atoms with Crippen LogP contribution in [-0.2, 0) is 11.2 Å². The first-order valence-electron chi connectivity index (χ1n) is 7.47. The van der Waals surface area contributed by atoms with Gasteiger partial charge in [0.2, 0.25) is 0 Å². The van der Waals surface area contributed by atoms with Crippen LogP contribution in [0.15, 0.2) is 12.1 Å². The number of rotatable bonds is 4. The summed E-state index contributed by atoms with van der Waals surface area (Å²) >= 11 is 5.98. The lowest BCUT2D eigenvalue weighted by Gasteiger charge is -2.28. The number of aromatic nitrogens is 1. The fraction of sp³-hybridized carbons (Fsp3) is 0.625. The van der Waals surface area contributed by atoms with Gasteiger partial charge in [0, 0.05) is 5.69 Å². The molecule has 1 saturated carbocycles. The highest BCUT2D eigenvalue weighted by molar-refractivity contribution is 6.29. The summed E-state index contributed by atoms with van der Waals surface area (Å²) in [7, 11) is 0. The van der Waals surface area contributed by atoms with Crippen LogP contribution in [0.2, 0.25) is 5.15 Å². The number of pyridine rings is 1. The fourth-order valence-corrected chi connectivity index (χ4v) is 2.94. The maximum Gasteiger partial charge on any atom is 0.338 e. The van der Waals surface area contributed by atoms with Crippen LogP contribution in [0.25, 0.3) is 0 Å². The number of aryl methyl sites for hydroxylation is 1. The molecule has 110 valence electrons.